The number of aryl methyl sites for hydroxylation is 3. The van der Waals surface area contributed by atoms with Crippen LogP contribution >= 0.6 is 38.5 Å². The maximum atomic E-state index is 10.6. The molecular formula is C17H18BrIO. The van der Waals surface area contributed by atoms with Gasteiger partial charge in [0.25, 0.3) is 0 Å². The summed E-state index contributed by atoms with van der Waals surface area (Å²) in [4.78, 5) is 0. The van der Waals surface area contributed by atoms with E-state index >= 15 is 0 Å². The van der Waals surface area contributed by atoms with Crippen molar-refractivity contribution in [3.8, 4) is 0 Å². The van der Waals surface area contributed by atoms with E-state index in [0.29, 0.717) is 6.42 Å². The number of aliphatic hydroxyl groups excluding tert-OH is 1. The van der Waals surface area contributed by atoms with Crippen molar-refractivity contribution in [3.05, 3.63) is 66.2 Å². The fraction of sp³-hybridized carbons (Fsp3) is 0.294. The van der Waals surface area contributed by atoms with E-state index in [0.717, 1.165) is 13.6 Å². The van der Waals surface area contributed by atoms with E-state index in [1.165, 1.54) is 22.3 Å². The van der Waals surface area contributed by atoms with Crippen molar-refractivity contribution in [1.29, 1.82) is 0 Å². The zero-order valence-corrected chi connectivity index (χ0v) is 15.6. The van der Waals surface area contributed by atoms with Gasteiger partial charge >= 0.3 is 0 Å². The Balaban J connectivity index is 2.32. The molecule has 0 bridgehead atoms. The summed E-state index contributed by atoms with van der Waals surface area (Å²) in [6.45, 7) is 6.34. The zero-order chi connectivity index (χ0) is 14.9. The summed E-state index contributed by atoms with van der Waals surface area (Å²) >= 11 is 5.80. The van der Waals surface area contributed by atoms with Crippen LogP contribution in [0.2, 0.25) is 0 Å². The Kier molecular flexibility index (Phi) is 5.26. The molecule has 0 aromatic heterocycles. The smallest absolute Gasteiger partial charge is 0.0841 e. The first-order valence-electron chi connectivity index (χ1n) is 6.58. The van der Waals surface area contributed by atoms with Gasteiger partial charge < -0.3 is 5.11 Å². The molecule has 1 atom stereocenters. The molecule has 0 radical (unpaired) electrons. The van der Waals surface area contributed by atoms with Crippen molar-refractivity contribution in [2.24, 2.45) is 0 Å². The van der Waals surface area contributed by atoms with E-state index in [4.69, 9.17) is 0 Å². The highest BCUT2D eigenvalue weighted by molar-refractivity contribution is 14.1. The van der Waals surface area contributed by atoms with Crippen LogP contribution in [-0.2, 0) is 6.42 Å². The largest absolute Gasteiger partial charge is 0.388 e. The number of halogens is 2. The Morgan fingerprint density at radius 1 is 1.10 bits per heavy atom. The standard InChI is InChI=1S/C17H18BrIO/c1-10-6-11(2)14(12(3)7-10)9-17(20)15-8-13(19)4-5-16(15)18/h4-8,17,20H,9H2,1-3H3. The first-order valence-corrected chi connectivity index (χ1v) is 8.45. The second-order valence-corrected chi connectivity index (χ2v) is 7.36. The molecule has 1 nitrogen and oxygen atoms in total. The Morgan fingerprint density at radius 3 is 2.30 bits per heavy atom. The lowest BCUT2D eigenvalue weighted by Crippen LogP contribution is -2.06. The maximum Gasteiger partial charge on any atom is 0.0841 e. The molecule has 0 aliphatic carbocycles. The van der Waals surface area contributed by atoms with Gasteiger partial charge in [-0.05, 0) is 83.8 Å². The SMILES string of the molecule is Cc1cc(C)c(CC(O)c2cc(I)ccc2Br)c(C)c1. The van der Waals surface area contributed by atoms with Crippen molar-refractivity contribution in [1.82, 2.24) is 0 Å². The molecule has 0 fully saturated rings. The average molecular weight is 445 g/mol. The molecule has 3 heteroatoms. The number of benzene rings is 2. The fourth-order valence-corrected chi connectivity index (χ4v) is 3.63. The lowest BCUT2D eigenvalue weighted by atomic mass is 9.93. The van der Waals surface area contributed by atoms with Gasteiger partial charge in [-0.2, -0.15) is 0 Å². The molecule has 0 heterocycles. The molecule has 0 saturated heterocycles. The Morgan fingerprint density at radius 2 is 1.70 bits per heavy atom. The fourth-order valence-electron chi connectivity index (χ4n) is 2.61. The van der Waals surface area contributed by atoms with Crippen molar-refractivity contribution < 1.29 is 5.11 Å². The molecule has 106 valence electrons. The van der Waals surface area contributed by atoms with Crippen LogP contribution in [0.5, 0.6) is 0 Å². The summed E-state index contributed by atoms with van der Waals surface area (Å²) in [5, 5.41) is 10.6. The van der Waals surface area contributed by atoms with Crippen LogP contribution in [-0.4, -0.2) is 5.11 Å². The first kappa shape index (κ1) is 16.0. The van der Waals surface area contributed by atoms with E-state index in [1.54, 1.807) is 0 Å². The predicted octanol–water partition coefficient (Wildman–Crippen LogP) is 5.26. The third kappa shape index (κ3) is 3.62. The monoisotopic (exact) mass is 444 g/mol. The average Bonchev–Trinajstić information content (AvgIpc) is 2.36. The summed E-state index contributed by atoms with van der Waals surface area (Å²) in [7, 11) is 0. The number of rotatable bonds is 3. The summed E-state index contributed by atoms with van der Waals surface area (Å²) in [5.74, 6) is 0. The highest BCUT2D eigenvalue weighted by atomic mass is 127. The van der Waals surface area contributed by atoms with E-state index in [-0.39, 0.29) is 0 Å². The van der Waals surface area contributed by atoms with Gasteiger partial charge in [0.05, 0.1) is 6.10 Å². The second-order valence-electron chi connectivity index (χ2n) is 5.26. The van der Waals surface area contributed by atoms with E-state index in [1.807, 2.05) is 18.2 Å². The molecule has 1 N–H and O–H groups in total. The highest BCUT2D eigenvalue weighted by Crippen LogP contribution is 2.29. The summed E-state index contributed by atoms with van der Waals surface area (Å²) < 4.78 is 2.10. The predicted molar refractivity (Wildman–Crippen MR) is 96.2 cm³/mol. The summed E-state index contributed by atoms with van der Waals surface area (Å²) in [5.41, 5.74) is 5.98. The summed E-state index contributed by atoms with van der Waals surface area (Å²) in [6.07, 6.45) is 0.163. The molecule has 1 unspecified atom stereocenters. The zero-order valence-electron chi connectivity index (χ0n) is 11.9. The molecule has 2 aromatic carbocycles. The molecular weight excluding hydrogens is 427 g/mol. The van der Waals surface area contributed by atoms with Gasteiger partial charge in [0.1, 0.15) is 0 Å². The Hall–Kier alpha value is -0.390. The third-order valence-corrected chi connectivity index (χ3v) is 4.95. The van der Waals surface area contributed by atoms with Crippen LogP contribution in [0.15, 0.2) is 34.8 Å². The van der Waals surface area contributed by atoms with Crippen LogP contribution in [0.25, 0.3) is 0 Å². The Labute approximate surface area is 142 Å². The van der Waals surface area contributed by atoms with Crippen LogP contribution in [0, 0.1) is 24.3 Å². The van der Waals surface area contributed by atoms with Crippen molar-refractivity contribution in [2.45, 2.75) is 33.3 Å². The van der Waals surface area contributed by atoms with Gasteiger partial charge in [-0.1, -0.05) is 33.6 Å². The second kappa shape index (κ2) is 6.58. The van der Waals surface area contributed by atoms with E-state index < -0.39 is 6.10 Å². The minimum absolute atomic E-state index is 0.487. The molecule has 2 rings (SSSR count). The van der Waals surface area contributed by atoms with E-state index in [9.17, 15) is 5.11 Å². The molecule has 2 aromatic rings. The van der Waals surface area contributed by atoms with Gasteiger partial charge in [-0.3, -0.25) is 0 Å². The van der Waals surface area contributed by atoms with E-state index in [2.05, 4.69) is 71.4 Å². The van der Waals surface area contributed by atoms with Crippen molar-refractivity contribution in [3.63, 3.8) is 0 Å². The molecule has 0 aliphatic heterocycles. The quantitative estimate of drug-likeness (QED) is 0.640. The Bertz CT molecular complexity index is 614. The van der Waals surface area contributed by atoms with Gasteiger partial charge in [0, 0.05) is 14.5 Å². The number of hydrogen-bond acceptors (Lipinski definition) is 1. The molecule has 0 spiro atoms. The van der Waals surface area contributed by atoms with Crippen LogP contribution in [0.1, 0.15) is 33.9 Å². The minimum Gasteiger partial charge on any atom is -0.388 e. The highest BCUT2D eigenvalue weighted by Gasteiger charge is 2.15. The van der Waals surface area contributed by atoms with Gasteiger partial charge in [0.15, 0.2) is 0 Å². The molecule has 0 saturated carbocycles. The van der Waals surface area contributed by atoms with Gasteiger partial charge in [0.2, 0.25) is 0 Å². The van der Waals surface area contributed by atoms with Crippen molar-refractivity contribution in [2.75, 3.05) is 0 Å². The van der Waals surface area contributed by atoms with Gasteiger partial charge in [-0.25, -0.2) is 0 Å². The summed E-state index contributed by atoms with van der Waals surface area (Å²) in [6, 6.07) is 10.4. The lowest BCUT2D eigenvalue weighted by Gasteiger charge is -2.17. The lowest BCUT2D eigenvalue weighted by molar-refractivity contribution is 0.177. The third-order valence-electron chi connectivity index (χ3n) is 3.55. The van der Waals surface area contributed by atoms with Gasteiger partial charge in [-0.15, -0.1) is 0 Å². The normalized spacial score (nSPS) is 12.5. The number of hydrogen-bond donors (Lipinski definition) is 1. The molecule has 20 heavy (non-hydrogen) atoms. The maximum absolute atomic E-state index is 10.6. The first-order chi connectivity index (χ1) is 9.38. The molecule has 0 amide bonds. The van der Waals surface area contributed by atoms with Crippen LogP contribution in [0.4, 0.5) is 0 Å². The molecule has 0 aliphatic rings. The topological polar surface area (TPSA) is 20.2 Å². The van der Waals surface area contributed by atoms with Crippen LogP contribution in [0.3, 0.4) is 0 Å². The number of aliphatic hydroxyl groups is 1. The minimum atomic E-state index is -0.487. The van der Waals surface area contributed by atoms with Crippen molar-refractivity contribution >= 4 is 38.5 Å². The van der Waals surface area contributed by atoms with Crippen LogP contribution < -0.4 is 0 Å².